The molecule has 1 heterocycles. The highest BCUT2D eigenvalue weighted by Gasteiger charge is 2.46. The van der Waals surface area contributed by atoms with Gasteiger partial charge in [-0.3, -0.25) is 0 Å². The fraction of sp³-hybridized carbons (Fsp3) is 0.857. The van der Waals surface area contributed by atoms with Crippen LogP contribution in [0.5, 0.6) is 0 Å². The Bertz CT molecular complexity index is 172. The molecular formula is C7H11NO2. The molecule has 2 aliphatic rings. The van der Waals surface area contributed by atoms with E-state index >= 15 is 0 Å². The average molecular weight is 141 g/mol. The van der Waals surface area contributed by atoms with E-state index in [-0.39, 0.29) is 5.60 Å². The van der Waals surface area contributed by atoms with E-state index in [0.29, 0.717) is 0 Å². The van der Waals surface area contributed by atoms with E-state index in [1.807, 2.05) is 0 Å². The molecule has 0 atom stereocenters. The number of hydrogen-bond donors (Lipinski definition) is 1. The SMILES string of the molecule is O/N=C1/CCOC2(CC2)C1. The summed E-state index contributed by atoms with van der Waals surface area (Å²) >= 11 is 0. The number of oxime groups is 1. The highest BCUT2D eigenvalue weighted by molar-refractivity contribution is 5.86. The Morgan fingerprint density at radius 3 is 2.90 bits per heavy atom. The summed E-state index contributed by atoms with van der Waals surface area (Å²) in [5.74, 6) is 0. The van der Waals surface area contributed by atoms with E-state index in [4.69, 9.17) is 9.94 Å². The van der Waals surface area contributed by atoms with Gasteiger partial charge >= 0.3 is 0 Å². The Labute approximate surface area is 59.7 Å². The largest absolute Gasteiger partial charge is 0.411 e. The Morgan fingerprint density at radius 1 is 1.50 bits per heavy atom. The van der Waals surface area contributed by atoms with Crippen LogP contribution in [0.1, 0.15) is 25.7 Å². The third kappa shape index (κ3) is 0.904. The van der Waals surface area contributed by atoms with Gasteiger partial charge < -0.3 is 9.94 Å². The van der Waals surface area contributed by atoms with Crippen LogP contribution in [0.2, 0.25) is 0 Å². The van der Waals surface area contributed by atoms with Crippen molar-refractivity contribution in [2.24, 2.45) is 5.16 Å². The summed E-state index contributed by atoms with van der Waals surface area (Å²) in [6, 6.07) is 0. The first-order chi connectivity index (χ1) is 4.85. The van der Waals surface area contributed by atoms with Crippen LogP contribution >= 0.6 is 0 Å². The van der Waals surface area contributed by atoms with Crippen molar-refractivity contribution in [3.8, 4) is 0 Å². The molecule has 56 valence electrons. The van der Waals surface area contributed by atoms with Gasteiger partial charge in [0.05, 0.1) is 17.9 Å². The lowest BCUT2D eigenvalue weighted by Gasteiger charge is -2.22. The highest BCUT2D eigenvalue weighted by Crippen LogP contribution is 2.45. The summed E-state index contributed by atoms with van der Waals surface area (Å²) in [4.78, 5) is 0. The van der Waals surface area contributed by atoms with Crippen LogP contribution < -0.4 is 0 Å². The lowest BCUT2D eigenvalue weighted by molar-refractivity contribution is 0.0285. The molecule has 3 heteroatoms. The van der Waals surface area contributed by atoms with Crippen LogP contribution in [-0.2, 0) is 4.74 Å². The Kier molecular flexibility index (Phi) is 1.20. The van der Waals surface area contributed by atoms with Crippen LogP contribution in [-0.4, -0.2) is 23.1 Å². The molecule has 0 bridgehead atoms. The second-order valence-corrected chi connectivity index (χ2v) is 3.12. The van der Waals surface area contributed by atoms with Gasteiger partial charge in [0, 0.05) is 12.8 Å². The fourth-order valence-corrected chi connectivity index (χ4v) is 1.44. The topological polar surface area (TPSA) is 41.8 Å². The maximum absolute atomic E-state index is 8.48. The van der Waals surface area contributed by atoms with Gasteiger partial charge in [-0.25, -0.2) is 0 Å². The molecule has 1 aliphatic carbocycles. The number of nitrogens with zero attached hydrogens (tertiary/aromatic N) is 1. The smallest absolute Gasteiger partial charge is 0.0738 e. The molecule has 0 amide bonds. The molecule has 3 nitrogen and oxygen atoms in total. The van der Waals surface area contributed by atoms with Gasteiger partial charge in [-0.1, -0.05) is 5.16 Å². The van der Waals surface area contributed by atoms with Crippen molar-refractivity contribution in [2.45, 2.75) is 31.3 Å². The van der Waals surface area contributed by atoms with E-state index < -0.39 is 0 Å². The molecule has 0 unspecified atom stereocenters. The first kappa shape index (κ1) is 6.16. The van der Waals surface area contributed by atoms with Gasteiger partial charge in [0.25, 0.3) is 0 Å². The van der Waals surface area contributed by atoms with Gasteiger partial charge in [0.1, 0.15) is 0 Å². The summed E-state index contributed by atoms with van der Waals surface area (Å²) in [5, 5.41) is 11.7. The van der Waals surface area contributed by atoms with E-state index in [2.05, 4.69) is 5.16 Å². The molecule has 1 saturated heterocycles. The van der Waals surface area contributed by atoms with Crippen molar-refractivity contribution in [1.82, 2.24) is 0 Å². The monoisotopic (exact) mass is 141 g/mol. The summed E-state index contributed by atoms with van der Waals surface area (Å²) in [7, 11) is 0. The molecule has 1 aliphatic heterocycles. The molecule has 2 rings (SSSR count). The number of rotatable bonds is 0. The molecule has 1 N–H and O–H groups in total. The van der Waals surface area contributed by atoms with Crippen molar-refractivity contribution in [3.05, 3.63) is 0 Å². The number of ether oxygens (including phenoxy) is 1. The van der Waals surface area contributed by atoms with E-state index in [1.54, 1.807) is 0 Å². The van der Waals surface area contributed by atoms with Gasteiger partial charge in [0.15, 0.2) is 0 Å². The standard InChI is InChI=1S/C7H11NO2/c9-8-6-1-4-10-7(5-6)2-3-7/h9H,1-5H2/b8-6-. The molecule has 1 spiro atoms. The molecule has 10 heavy (non-hydrogen) atoms. The van der Waals surface area contributed by atoms with Gasteiger partial charge in [0.2, 0.25) is 0 Å². The van der Waals surface area contributed by atoms with Crippen LogP contribution in [0.25, 0.3) is 0 Å². The fourth-order valence-electron chi connectivity index (χ4n) is 1.44. The first-order valence-corrected chi connectivity index (χ1v) is 3.68. The van der Waals surface area contributed by atoms with E-state index in [9.17, 15) is 0 Å². The molecule has 1 saturated carbocycles. The maximum Gasteiger partial charge on any atom is 0.0738 e. The molecule has 2 fully saturated rings. The van der Waals surface area contributed by atoms with Crippen molar-refractivity contribution in [3.63, 3.8) is 0 Å². The minimum Gasteiger partial charge on any atom is -0.411 e. The zero-order valence-corrected chi connectivity index (χ0v) is 5.84. The second-order valence-electron chi connectivity index (χ2n) is 3.12. The third-order valence-electron chi connectivity index (χ3n) is 2.27. The average Bonchev–Trinajstić information content (AvgIpc) is 2.70. The van der Waals surface area contributed by atoms with Crippen LogP contribution in [0, 0.1) is 0 Å². The van der Waals surface area contributed by atoms with Gasteiger partial charge in [-0.2, -0.15) is 0 Å². The molecular weight excluding hydrogens is 130 g/mol. The van der Waals surface area contributed by atoms with Gasteiger partial charge in [-0.15, -0.1) is 0 Å². The van der Waals surface area contributed by atoms with Crippen molar-refractivity contribution >= 4 is 5.71 Å². The predicted molar refractivity (Wildman–Crippen MR) is 36.4 cm³/mol. The van der Waals surface area contributed by atoms with Crippen LogP contribution in [0.15, 0.2) is 5.16 Å². The molecule has 0 aromatic rings. The summed E-state index contributed by atoms with van der Waals surface area (Å²) < 4.78 is 5.52. The van der Waals surface area contributed by atoms with Crippen molar-refractivity contribution in [1.29, 1.82) is 0 Å². The predicted octanol–water partition coefficient (Wildman–Crippen LogP) is 1.16. The Balaban J connectivity index is 2.04. The summed E-state index contributed by atoms with van der Waals surface area (Å²) in [5.41, 5.74) is 1.02. The Morgan fingerprint density at radius 2 is 2.30 bits per heavy atom. The zero-order valence-electron chi connectivity index (χ0n) is 5.84. The Hall–Kier alpha value is -0.570. The van der Waals surface area contributed by atoms with Crippen LogP contribution in [0.4, 0.5) is 0 Å². The highest BCUT2D eigenvalue weighted by atomic mass is 16.5. The minimum atomic E-state index is 0.111. The molecule has 0 radical (unpaired) electrons. The normalized spacial score (nSPS) is 33.0. The first-order valence-electron chi connectivity index (χ1n) is 3.68. The van der Waals surface area contributed by atoms with E-state index in [0.717, 1.165) is 38.0 Å². The zero-order chi connectivity index (χ0) is 7.03. The summed E-state index contributed by atoms with van der Waals surface area (Å²) in [6.45, 7) is 0.736. The third-order valence-corrected chi connectivity index (χ3v) is 2.27. The second kappa shape index (κ2) is 1.95. The van der Waals surface area contributed by atoms with Gasteiger partial charge in [-0.05, 0) is 12.8 Å². The van der Waals surface area contributed by atoms with Crippen LogP contribution in [0.3, 0.4) is 0 Å². The lowest BCUT2D eigenvalue weighted by Crippen LogP contribution is -2.27. The lowest BCUT2D eigenvalue weighted by atomic mass is 10.1. The maximum atomic E-state index is 8.48. The molecule has 0 aromatic heterocycles. The molecule has 0 aromatic carbocycles. The summed E-state index contributed by atoms with van der Waals surface area (Å²) in [6.07, 6.45) is 3.94. The minimum absolute atomic E-state index is 0.111. The number of hydrogen-bond acceptors (Lipinski definition) is 3. The van der Waals surface area contributed by atoms with Crippen molar-refractivity contribution in [2.75, 3.05) is 6.61 Å². The quantitative estimate of drug-likeness (QED) is 0.406. The van der Waals surface area contributed by atoms with Crippen molar-refractivity contribution < 1.29 is 9.94 Å². The van der Waals surface area contributed by atoms with E-state index in [1.165, 1.54) is 0 Å².